The minimum atomic E-state index is -4.27. The highest BCUT2D eigenvalue weighted by atomic mass is 35.5. The first kappa shape index (κ1) is 22.1. The molecule has 9 heteroatoms. The number of phenolic OH excluding ortho intramolecular Hbond substituents is 1. The molecule has 2 N–H and O–H groups in total. The second-order valence-corrected chi connectivity index (χ2v) is 5.05. The Hall–Kier alpha value is -0.890. The van der Waals surface area contributed by atoms with Crippen molar-refractivity contribution in [1.29, 1.82) is 0 Å². The Kier molecular flexibility index (Phi) is 9.05. The zero-order valence-electron chi connectivity index (χ0n) is 12.6. The Morgan fingerprint density at radius 2 is 1.87 bits per heavy atom. The molecule has 1 atom stereocenters. The maximum absolute atomic E-state index is 12.9. The van der Waals surface area contributed by atoms with Crippen molar-refractivity contribution < 1.29 is 23.0 Å². The number of nitrogens with zero attached hydrogens (tertiary/aromatic N) is 1. The molecule has 1 fully saturated rings. The van der Waals surface area contributed by atoms with E-state index in [2.05, 4.69) is 5.32 Å². The number of ether oxygens (including phenoxy) is 1. The smallest absolute Gasteiger partial charge is 0.390 e. The molecule has 0 aliphatic carbocycles. The minimum Gasteiger partial charge on any atom is -0.508 e. The van der Waals surface area contributed by atoms with Crippen molar-refractivity contribution in [2.75, 3.05) is 33.3 Å². The van der Waals surface area contributed by atoms with Gasteiger partial charge in [0.05, 0.1) is 13.5 Å². The maximum Gasteiger partial charge on any atom is 0.390 e. The Morgan fingerprint density at radius 3 is 2.39 bits per heavy atom. The van der Waals surface area contributed by atoms with Crippen molar-refractivity contribution in [2.45, 2.75) is 18.6 Å². The molecule has 134 valence electrons. The predicted octanol–water partition coefficient (Wildman–Crippen LogP) is 3.14. The molecule has 0 aromatic heterocycles. The molecule has 1 saturated heterocycles. The highest BCUT2D eigenvalue weighted by molar-refractivity contribution is 5.85. The molecule has 1 aromatic carbocycles. The van der Waals surface area contributed by atoms with Crippen molar-refractivity contribution in [3.05, 3.63) is 23.8 Å². The quantitative estimate of drug-likeness (QED) is 0.847. The van der Waals surface area contributed by atoms with Gasteiger partial charge < -0.3 is 15.2 Å². The molecule has 0 unspecified atom stereocenters. The third-order valence-electron chi connectivity index (χ3n) is 3.59. The number of piperazine rings is 1. The SMILES string of the molecule is COc1cc(O)ccc1[C@H](CC(F)(F)F)N1CCNCC1.Cl.Cl. The van der Waals surface area contributed by atoms with E-state index in [-0.39, 0.29) is 36.3 Å². The van der Waals surface area contributed by atoms with E-state index >= 15 is 0 Å². The Labute approximate surface area is 145 Å². The molecule has 0 saturated carbocycles. The molecule has 4 nitrogen and oxygen atoms in total. The standard InChI is InChI=1S/C14H19F3N2O2.2ClH/c1-21-13-8-10(20)2-3-11(13)12(9-14(15,16)17)19-6-4-18-5-7-19;;/h2-3,8,12,18,20H,4-7,9H2,1H3;2*1H/t12-;;/m0../s1. The van der Waals surface area contributed by atoms with E-state index in [1.54, 1.807) is 4.90 Å². The van der Waals surface area contributed by atoms with E-state index in [0.717, 1.165) is 0 Å². The normalized spacial score (nSPS) is 16.9. The summed E-state index contributed by atoms with van der Waals surface area (Å²) in [5, 5.41) is 12.6. The van der Waals surface area contributed by atoms with Crippen LogP contribution in [0.4, 0.5) is 13.2 Å². The van der Waals surface area contributed by atoms with Crippen LogP contribution in [0.5, 0.6) is 11.5 Å². The van der Waals surface area contributed by atoms with Crippen molar-refractivity contribution in [2.24, 2.45) is 0 Å². The lowest BCUT2D eigenvalue weighted by atomic mass is 9.99. The van der Waals surface area contributed by atoms with Crippen molar-refractivity contribution in [1.82, 2.24) is 10.2 Å². The number of nitrogens with one attached hydrogen (secondary N) is 1. The summed E-state index contributed by atoms with van der Waals surface area (Å²) in [4.78, 5) is 1.80. The van der Waals surface area contributed by atoms with Crippen LogP contribution in [0.1, 0.15) is 18.0 Å². The summed E-state index contributed by atoms with van der Waals surface area (Å²) in [5.74, 6) is 0.254. The summed E-state index contributed by atoms with van der Waals surface area (Å²) in [6.07, 6.45) is -5.20. The topological polar surface area (TPSA) is 44.7 Å². The first-order valence-electron chi connectivity index (χ1n) is 6.79. The Morgan fingerprint density at radius 1 is 1.26 bits per heavy atom. The van der Waals surface area contributed by atoms with Crippen molar-refractivity contribution >= 4 is 24.8 Å². The monoisotopic (exact) mass is 376 g/mol. The van der Waals surface area contributed by atoms with Gasteiger partial charge in [0.1, 0.15) is 11.5 Å². The molecule has 1 heterocycles. The number of benzene rings is 1. The van der Waals surface area contributed by atoms with Gasteiger partial charge >= 0.3 is 6.18 Å². The van der Waals surface area contributed by atoms with E-state index in [9.17, 15) is 18.3 Å². The first-order chi connectivity index (χ1) is 9.90. The number of hydrogen-bond donors (Lipinski definition) is 2. The zero-order valence-corrected chi connectivity index (χ0v) is 14.2. The van der Waals surface area contributed by atoms with Gasteiger partial charge in [0.25, 0.3) is 0 Å². The first-order valence-corrected chi connectivity index (χ1v) is 6.79. The van der Waals surface area contributed by atoms with Crippen LogP contribution < -0.4 is 10.1 Å². The van der Waals surface area contributed by atoms with Gasteiger partial charge in [-0.15, -0.1) is 24.8 Å². The number of aromatic hydroxyl groups is 1. The maximum atomic E-state index is 12.9. The molecule has 0 bridgehead atoms. The van der Waals surface area contributed by atoms with Crippen LogP contribution in [-0.4, -0.2) is 49.5 Å². The molecule has 1 aliphatic heterocycles. The van der Waals surface area contributed by atoms with E-state index in [1.165, 1.54) is 25.3 Å². The molecule has 2 rings (SSSR count). The predicted molar refractivity (Wildman–Crippen MR) is 87.0 cm³/mol. The fourth-order valence-electron chi connectivity index (χ4n) is 2.62. The summed E-state index contributed by atoms with van der Waals surface area (Å²) < 4.78 is 43.9. The molecule has 23 heavy (non-hydrogen) atoms. The lowest BCUT2D eigenvalue weighted by Gasteiger charge is -2.36. The molecule has 0 spiro atoms. The molecule has 0 amide bonds. The van der Waals surface area contributed by atoms with E-state index in [4.69, 9.17) is 4.74 Å². The minimum absolute atomic E-state index is 0. The third kappa shape index (κ3) is 6.25. The Balaban J connectivity index is 0.00000242. The fraction of sp³-hybridized carbons (Fsp3) is 0.571. The van der Waals surface area contributed by atoms with Gasteiger partial charge in [-0.25, -0.2) is 0 Å². The lowest BCUT2D eigenvalue weighted by Crippen LogP contribution is -2.46. The Bertz CT molecular complexity index is 484. The second kappa shape index (κ2) is 9.42. The van der Waals surface area contributed by atoms with Gasteiger partial charge in [0.15, 0.2) is 0 Å². The average molecular weight is 377 g/mol. The number of rotatable bonds is 4. The molecule has 1 aromatic rings. The van der Waals surface area contributed by atoms with Crippen LogP contribution in [0.2, 0.25) is 0 Å². The summed E-state index contributed by atoms with van der Waals surface area (Å²) >= 11 is 0. The molecule has 1 aliphatic rings. The van der Waals surface area contributed by atoms with Crippen LogP contribution in [0.15, 0.2) is 18.2 Å². The molecular formula is C14H21Cl2F3N2O2. The summed E-state index contributed by atoms with van der Waals surface area (Å²) in [5.41, 5.74) is 0.453. The average Bonchev–Trinajstić information content (AvgIpc) is 2.45. The van der Waals surface area contributed by atoms with Crippen LogP contribution in [0, 0.1) is 0 Å². The third-order valence-corrected chi connectivity index (χ3v) is 3.59. The summed E-state index contributed by atoms with van der Waals surface area (Å²) in [6.45, 7) is 2.42. The summed E-state index contributed by atoms with van der Waals surface area (Å²) in [6, 6.07) is 3.44. The largest absolute Gasteiger partial charge is 0.508 e. The fourth-order valence-corrected chi connectivity index (χ4v) is 2.62. The van der Waals surface area contributed by atoms with Crippen LogP contribution in [-0.2, 0) is 0 Å². The lowest BCUT2D eigenvalue weighted by molar-refractivity contribution is -0.148. The zero-order chi connectivity index (χ0) is 15.5. The van der Waals surface area contributed by atoms with Gasteiger partial charge in [-0.2, -0.15) is 13.2 Å². The van der Waals surface area contributed by atoms with Gasteiger partial charge in [-0.3, -0.25) is 4.90 Å². The van der Waals surface area contributed by atoms with Crippen LogP contribution >= 0.6 is 24.8 Å². The van der Waals surface area contributed by atoms with Crippen molar-refractivity contribution in [3.8, 4) is 11.5 Å². The van der Waals surface area contributed by atoms with E-state index < -0.39 is 18.6 Å². The molecular weight excluding hydrogens is 356 g/mol. The van der Waals surface area contributed by atoms with Crippen molar-refractivity contribution in [3.63, 3.8) is 0 Å². The van der Waals surface area contributed by atoms with Crippen LogP contribution in [0.3, 0.4) is 0 Å². The molecule has 0 radical (unpaired) electrons. The number of halogens is 5. The number of alkyl halides is 3. The highest BCUT2D eigenvalue weighted by Gasteiger charge is 2.37. The van der Waals surface area contributed by atoms with Gasteiger partial charge in [-0.1, -0.05) is 6.07 Å². The van der Waals surface area contributed by atoms with Gasteiger partial charge in [0.2, 0.25) is 0 Å². The van der Waals surface area contributed by atoms with Gasteiger partial charge in [-0.05, 0) is 6.07 Å². The number of hydrogen-bond acceptors (Lipinski definition) is 4. The number of phenols is 1. The van der Waals surface area contributed by atoms with Gasteiger partial charge in [0, 0.05) is 43.9 Å². The van der Waals surface area contributed by atoms with E-state index in [0.29, 0.717) is 31.7 Å². The summed E-state index contributed by atoms with van der Waals surface area (Å²) in [7, 11) is 1.39. The highest BCUT2D eigenvalue weighted by Crippen LogP contribution is 2.39. The number of methoxy groups -OCH3 is 1. The van der Waals surface area contributed by atoms with E-state index in [1.807, 2.05) is 0 Å². The van der Waals surface area contributed by atoms with Crippen LogP contribution in [0.25, 0.3) is 0 Å². The second-order valence-electron chi connectivity index (χ2n) is 5.05.